The third-order valence-electron chi connectivity index (χ3n) is 4.29. The van der Waals surface area contributed by atoms with Crippen molar-refractivity contribution >= 4 is 10.0 Å². The highest BCUT2D eigenvalue weighted by Crippen LogP contribution is 2.17. The Hall–Kier alpha value is -0.950. The first-order valence-electron chi connectivity index (χ1n) is 8.20. The maximum Gasteiger partial charge on any atom is 0.216 e. The average Bonchev–Trinajstić information content (AvgIpc) is 2.54. The Balaban J connectivity index is 1.89. The lowest BCUT2D eigenvalue weighted by Gasteiger charge is -2.34. The summed E-state index contributed by atoms with van der Waals surface area (Å²) in [5, 5.41) is 0. The average molecular weight is 340 g/mol. The highest BCUT2D eigenvalue weighted by atomic mass is 32.2. The van der Waals surface area contributed by atoms with Gasteiger partial charge in [-0.2, -0.15) is 4.31 Å². The standard InChI is InChI=1S/C17H28N2O3S/c1-15(2)17-6-4-5-16(13-17)14-18-7-9-19(10-8-18)23(20,21)12-11-22-3/h4-6,13,15H,7-12,14H2,1-3H3. The van der Waals surface area contributed by atoms with Crippen molar-refractivity contribution in [2.75, 3.05) is 45.6 Å². The van der Waals surface area contributed by atoms with Crippen molar-refractivity contribution in [1.82, 2.24) is 9.21 Å². The Morgan fingerprint density at radius 2 is 1.87 bits per heavy atom. The van der Waals surface area contributed by atoms with Crippen LogP contribution in [0.15, 0.2) is 24.3 Å². The Morgan fingerprint density at radius 1 is 1.17 bits per heavy atom. The summed E-state index contributed by atoms with van der Waals surface area (Å²) in [5.41, 5.74) is 2.65. The van der Waals surface area contributed by atoms with E-state index in [9.17, 15) is 8.42 Å². The highest BCUT2D eigenvalue weighted by Gasteiger charge is 2.26. The summed E-state index contributed by atoms with van der Waals surface area (Å²) in [6.45, 7) is 8.21. The van der Waals surface area contributed by atoms with Gasteiger partial charge in [0.2, 0.25) is 10.0 Å². The van der Waals surface area contributed by atoms with E-state index >= 15 is 0 Å². The Morgan fingerprint density at radius 3 is 2.48 bits per heavy atom. The molecule has 1 heterocycles. The monoisotopic (exact) mass is 340 g/mol. The van der Waals surface area contributed by atoms with Crippen molar-refractivity contribution in [2.45, 2.75) is 26.3 Å². The molecular formula is C17H28N2O3S. The fourth-order valence-electron chi connectivity index (χ4n) is 2.79. The van der Waals surface area contributed by atoms with Crippen LogP contribution in [-0.4, -0.2) is 63.3 Å². The predicted molar refractivity (Wildman–Crippen MR) is 93.0 cm³/mol. The zero-order chi connectivity index (χ0) is 16.9. The van der Waals surface area contributed by atoms with E-state index in [2.05, 4.69) is 43.0 Å². The van der Waals surface area contributed by atoms with E-state index in [0.717, 1.165) is 19.6 Å². The van der Waals surface area contributed by atoms with Gasteiger partial charge in [0.15, 0.2) is 0 Å². The van der Waals surface area contributed by atoms with Crippen LogP contribution in [0.3, 0.4) is 0 Å². The fraction of sp³-hybridized carbons (Fsp3) is 0.647. The molecule has 130 valence electrons. The maximum absolute atomic E-state index is 12.2. The molecule has 2 rings (SSSR count). The highest BCUT2D eigenvalue weighted by molar-refractivity contribution is 7.89. The first kappa shape index (κ1) is 18.4. The largest absolute Gasteiger partial charge is 0.384 e. The molecule has 0 amide bonds. The maximum atomic E-state index is 12.2. The lowest BCUT2D eigenvalue weighted by Crippen LogP contribution is -2.49. The summed E-state index contributed by atoms with van der Waals surface area (Å²) in [6, 6.07) is 8.67. The molecule has 0 atom stereocenters. The molecule has 0 aromatic heterocycles. The number of nitrogens with zero attached hydrogens (tertiary/aromatic N) is 2. The third-order valence-corrected chi connectivity index (χ3v) is 6.13. The molecule has 0 unspecified atom stereocenters. The number of sulfonamides is 1. The van der Waals surface area contributed by atoms with Crippen molar-refractivity contribution in [1.29, 1.82) is 0 Å². The number of ether oxygens (including phenoxy) is 1. The second kappa shape index (κ2) is 8.24. The molecule has 0 spiro atoms. The smallest absolute Gasteiger partial charge is 0.216 e. The predicted octanol–water partition coefficient (Wildman–Crippen LogP) is 1.90. The van der Waals surface area contributed by atoms with Crippen LogP contribution in [-0.2, 0) is 21.3 Å². The van der Waals surface area contributed by atoms with E-state index in [1.54, 1.807) is 4.31 Å². The van der Waals surface area contributed by atoms with Crippen molar-refractivity contribution in [3.8, 4) is 0 Å². The van der Waals surface area contributed by atoms with Crippen molar-refractivity contribution in [3.63, 3.8) is 0 Å². The molecule has 1 saturated heterocycles. The molecular weight excluding hydrogens is 312 g/mol. The molecule has 1 aromatic carbocycles. The molecule has 1 aromatic rings. The fourth-order valence-corrected chi connectivity index (χ4v) is 4.15. The number of piperazine rings is 1. The van der Waals surface area contributed by atoms with Crippen molar-refractivity contribution in [2.24, 2.45) is 0 Å². The first-order valence-corrected chi connectivity index (χ1v) is 9.81. The summed E-state index contributed by atoms with van der Waals surface area (Å²) in [6.07, 6.45) is 0. The normalized spacial score (nSPS) is 17.7. The van der Waals surface area contributed by atoms with Gasteiger partial charge in [-0.05, 0) is 17.0 Å². The number of benzene rings is 1. The number of hydrogen-bond donors (Lipinski definition) is 0. The zero-order valence-electron chi connectivity index (χ0n) is 14.4. The van der Waals surface area contributed by atoms with Gasteiger partial charge in [0.25, 0.3) is 0 Å². The Kier molecular flexibility index (Phi) is 6.59. The minimum atomic E-state index is -3.18. The van der Waals surface area contributed by atoms with Crippen LogP contribution in [0.1, 0.15) is 30.9 Å². The van der Waals surface area contributed by atoms with Crippen LogP contribution in [0, 0.1) is 0 Å². The van der Waals surface area contributed by atoms with Gasteiger partial charge in [0, 0.05) is 39.8 Å². The van der Waals surface area contributed by atoms with Gasteiger partial charge in [-0.3, -0.25) is 4.90 Å². The van der Waals surface area contributed by atoms with Crippen LogP contribution >= 0.6 is 0 Å². The number of rotatable bonds is 7. The minimum absolute atomic E-state index is 0.0694. The molecule has 23 heavy (non-hydrogen) atoms. The van der Waals surface area contributed by atoms with Crippen molar-refractivity contribution < 1.29 is 13.2 Å². The summed E-state index contributed by atoms with van der Waals surface area (Å²) >= 11 is 0. The molecule has 5 nitrogen and oxygen atoms in total. The van der Waals surface area contributed by atoms with Gasteiger partial charge >= 0.3 is 0 Å². The van der Waals surface area contributed by atoms with E-state index in [-0.39, 0.29) is 12.4 Å². The quantitative estimate of drug-likeness (QED) is 0.761. The molecule has 1 fully saturated rings. The van der Waals surface area contributed by atoms with Crippen LogP contribution in [0.4, 0.5) is 0 Å². The molecule has 0 N–H and O–H groups in total. The number of hydrogen-bond acceptors (Lipinski definition) is 4. The van der Waals surface area contributed by atoms with E-state index in [1.165, 1.54) is 18.2 Å². The number of methoxy groups -OCH3 is 1. The zero-order valence-corrected chi connectivity index (χ0v) is 15.2. The Bertz CT molecular complexity index is 594. The van der Waals surface area contributed by atoms with E-state index in [4.69, 9.17) is 4.74 Å². The summed E-state index contributed by atoms with van der Waals surface area (Å²) < 4.78 is 30.8. The van der Waals surface area contributed by atoms with Gasteiger partial charge in [0.05, 0.1) is 12.4 Å². The van der Waals surface area contributed by atoms with E-state index in [1.807, 2.05) is 0 Å². The van der Waals surface area contributed by atoms with Crippen LogP contribution in [0.5, 0.6) is 0 Å². The topological polar surface area (TPSA) is 49.9 Å². The van der Waals surface area contributed by atoms with Gasteiger partial charge in [-0.15, -0.1) is 0 Å². The molecule has 0 saturated carbocycles. The summed E-state index contributed by atoms with van der Waals surface area (Å²) in [5.74, 6) is 0.595. The van der Waals surface area contributed by atoms with E-state index < -0.39 is 10.0 Å². The van der Waals surface area contributed by atoms with Gasteiger partial charge < -0.3 is 4.74 Å². The SMILES string of the molecule is COCCS(=O)(=O)N1CCN(Cc2cccc(C(C)C)c2)CC1. The molecule has 1 aliphatic rings. The van der Waals surface area contributed by atoms with Crippen molar-refractivity contribution in [3.05, 3.63) is 35.4 Å². The second-order valence-corrected chi connectivity index (χ2v) is 8.47. The molecule has 1 aliphatic heterocycles. The van der Waals surface area contributed by atoms with Gasteiger partial charge in [0.1, 0.15) is 0 Å². The van der Waals surface area contributed by atoms with E-state index in [0.29, 0.717) is 19.0 Å². The minimum Gasteiger partial charge on any atom is -0.384 e. The van der Waals surface area contributed by atoms with Gasteiger partial charge in [-0.1, -0.05) is 38.1 Å². The summed E-state index contributed by atoms with van der Waals surface area (Å²) in [4.78, 5) is 2.32. The lowest BCUT2D eigenvalue weighted by atomic mass is 10.0. The molecule has 0 aliphatic carbocycles. The molecule has 6 heteroatoms. The lowest BCUT2D eigenvalue weighted by molar-refractivity contribution is 0.178. The van der Waals surface area contributed by atoms with Crippen LogP contribution < -0.4 is 0 Å². The first-order chi connectivity index (χ1) is 10.9. The second-order valence-electron chi connectivity index (χ2n) is 6.38. The van der Waals surface area contributed by atoms with Crippen LogP contribution in [0.2, 0.25) is 0 Å². The van der Waals surface area contributed by atoms with Gasteiger partial charge in [-0.25, -0.2) is 8.42 Å². The summed E-state index contributed by atoms with van der Waals surface area (Å²) in [7, 11) is -1.65. The molecule has 0 bridgehead atoms. The third kappa shape index (κ3) is 5.28. The van der Waals surface area contributed by atoms with Crippen LogP contribution in [0.25, 0.3) is 0 Å². The Labute approximate surface area is 140 Å². The molecule has 0 radical (unpaired) electrons.